The molecule has 0 radical (unpaired) electrons. The van der Waals surface area contributed by atoms with Gasteiger partial charge in [0.15, 0.2) is 5.82 Å². The van der Waals surface area contributed by atoms with Gasteiger partial charge in [0.05, 0.1) is 22.6 Å². The highest BCUT2D eigenvalue weighted by atomic mass is 15.3. The monoisotopic (exact) mass is 430 g/mol. The van der Waals surface area contributed by atoms with Gasteiger partial charge in [0, 0.05) is 11.3 Å². The van der Waals surface area contributed by atoms with E-state index in [1.165, 1.54) is 11.1 Å². The Morgan fingerprint density at radius 3 is 2.15 bits per heavy atom. The Morgan fingerprint density at radius 1 is 0.697 bits per heavy atom. The first-order valence-corrected chi connectivity index (χ1v) is 11.0. The molecule has 0 aliphatic carbocycles. The average molecular weight is 431 g/mol. The fourth-order valence-electron chi connectivity index (χ4n) is 4.07. The number of aromatic nitrogens is 2. The second-order valence-corrected chi connectivity index (χ2v) is 8.27. The molecule has 3 N–H and O–H groups in total. The van der Waals surface area contributed by atoms with Crippen LogP contribution in [0.5, 0.6) is 0 Å². The first-order chi connectivity index (χ1) is 16.1. The van der Waals surface area contributed by atoms with Gasteiger partial charge in [-0.05, 0) is 49.7 Å². The Hall–Kier alpha value is -4.31. The molecule has 0 saturated carbocycles. The number of benzene rings is 4. The van der Waals surface area contributed by atoms with Crippen molar-refractivity contribution < 1.29 is 0 Å². The van der Waals surface area contributed by atoms with Crippen LogP contribution in [0.2, 0.25) is 0 Å². The number of anilines is 3. The Morgan fingerprint density at radius 2 is 1.42 bits per heavy atom. The Kier molecular flexibility index (Phi) is 5.41. The smallest absolute Gasteiger partial charge is 0.161 e. The molecule has 1 heterocycles. The van der Waals surface area contributed by atoms with Crippen molar-refractivity contribution in [3.05, 3.63) is 114 Å². The van der Waals surface area contributed by atoms with E-state index < -0.39 is 0 Å². The SMILES string of the molecule is Cc1ccc(-c2c(Nc3ccccc3)nn(-c3ccccc3N)c2-c2cccc(C)c2)cc1. The molecule has 0 spiro atoms. The lowest BCUT2D eigenvalue weighted by atomic mass is 9.98. The number of nitrogens with one attached hydrogen (secondary N) is 1. The van der Waals surface area contributed by atoms with Crippen molar-refractivity contribution in [1.29, 1.82) is 0 Å². The molecule has 0 aliphatic rings. The lowest BCUT2D eigenvalue weighted by molar-refractivity contribution is 0.894. The summed E-state index contributed by atoms with van der Waals surface area (Å²) in [4.78, 5) is 0. The highest BCUT2D eigenvalue weighted by Gasteiger charge is 2.23. The summed E-state index contributed by atoms with van der Waals surface area (Å²) in [5, 5.41) is 8.61. The second-order valence-electron chi connectivity index (χ2n) is 8.27. The fraction of sp³-hybridized carbons (Fsp3) is 0.0690. The van der Waals surface area contributed by atoms with E-state index in [1.807, 2.05) is 59.3 Å². The van der Waals surface area contributed by atoms with Crippen LogP contribution in [-0.4, -0.2) is 9.78 Å². The Bertz CT molecular complexity index is 1400. The Balaban J connectivity index is 1.83. The van der Waals surface area contributed by atoms with Crippen LogP contribution >= 0.6 is 0 Å². The van der Waals surface area contributed by atoms with Crippen LogP contribution in [0.4, 0.5) is 17.2 Å². The van der Waals surface area contributed by atoms with E-state index in [4.69, 9.17) is 10.8 Å². The van der Waals surface area contributed by atoms with E-state index >= 15 is 0 Å². The van der Waals surface area contributed by atoms with Crippen LogP contribution < -0.4 is 11.1 Å². The molecule has 0 amide bonds. The molecule has 0 bridgehead atoms. The van der Waals surface area contributed by atoms with Gasteiger partial charge in [-0.3, -0.25) is 0 Å². The second kappa shape index (κ2) is 8.67. The predicted octanol–water partition coefficient (Wildman–Crippen LogP) is 7.15. The molecule has 4 heteroatoms. The number of hydrogen-bond donors (Lipinski definition) is 2. The maximum Gasteiger partial charge on any atom is 0.161 e. The minimum Gasteiger partial charge on any atom is -0.397 e. The van der Waals surface area contributed by atoms with E-state index in [-0.39, 0.29) is 0 Å². The number of para-hydroxylation sites is 3. The van der Waals surface area contributed by atoms with Crippen molar-refractivity contribution in [1.82, 2.24) is 9.78 Å². The highest BCUT2D eigenvalue weighted by molar-refractivity contribution is 5.92. The third-order valence-electron chi connectivity index (χ3n) is 5.72. The van der Waals surface area contributed by atoms with Crippen molar-refractivity contribution >= 4 is 17.2 Å². The molecule has 4 aromatic carbocycles. The molecule has 0 unspecified atom stereocenters. The number of nitrogens with zero attached hydrogens (tertiary/aromatic N) is 2. The van der Waals surface area contributed by atoms with Gasteiger partial charge in [0.2, 0.25) is 0 Å². The van der Waals surface area contributed by atoms with Crippen LogP contribution in [0.3, 0.4) is 0 Å². The summed E-state index contributed by atoms with van der Waals surface area (Å²) in [5.74, 6) is 0.782. The summed E-state index contributed by atoms with van der Waals surface area (Å²) < 4.78 is 1.96. The van der Waals surface area contributed by atoms with Gasteiger partial charge in [-0.1, -0.05) is 83.9 Å². The lowest BCUT2D eigenvalue weighted by Crippen LogP contribution is -2.03. The maximum atomic E-state index is 6.42. The van der Waals surface area contributed by atoms with Crippen LogP contribution in [0.25, 0.3) is 28.1 Å². The molecule has 4 nitrogen and oxygen atoms in total. The van der Waals surface area contributed by atoms with Crippen LogP contribution in [0.1, 0.15) is 11.1 Å². The molecule has 5 aromatic rings. The zero-order valence-corrected chi connectivity index (χ0v) is 18.8. The molecule has 162 valence electrons. The van der Waals surface area contributed by atoms with Gasteiger partial charge >= 0.3 is 0 Å². The summed E-state index contributed by atoms with van der Waals surface area (Å²) in [6, 6.07) is 35.1. The normalized spacial score (nSPS) is 10.8. The van der Waals surface area contributed by atoms with Crippen molar-refractivity contribution in [3.8, 4) is 28.1 Å². The van der Waals surface area contributed by atoms with Crippen molar-refractivity contribution in [3.63, 3.8) is 0 Å². The van der Waals surface area contributed by atoms with Gasteiger partial charge < -0.3 is 11.1 Å². The quantitative estimate of drug-likeness (QED) is 0.291. The summed E-state index contributed by atoms with van der Waals surface area (Å²) in [7, 11) is 0. The van der Waals surface area contributed by atoms with Gasteiger partial charge in [-0.25, -0.2) is 4.68 Å². The summed E-state index contributed by atoms with van der Waals surface area (Å²) in [5.41, 5.74) is 15.5. The molecule has 0 saturated heterocycles. The third kappa shape index (κ3) is 4.11. The first-order valence-electron chi connectivity index (χ1n) is 11.0. The fourth-order valence-corrected chi connectivity index (χ4v) is 4.07. The summed E-state index contributed by atoms with van der Waals surface area (Å²) >= 11 is 0. The molecule has 0 aliphatic heterocycles. The van der Waals surface area contributed by atoms with Crippen molar-refractivity contribution in [2.75, 3.05) is 11.1 Å². The van der Waals surface area contributed by atoms with Crippen LogP contribution in [0.15, 0.2) is 103 Å². The summed E-state index contributed by atoms with van der Waals surface area (Å²) in [6.45, 7) is 4.21. The van der Waals surface area contributed by atoms with E-state index in [0.717, 1.165) is 39.6 Å². The molecule has 1 aromatic heterocycles. The number of nitrogens with two attached hydrogens (primary N) is 1. The number of nitrogen functional groups attached to an aromatic ring is 1. The van der Waals surface area contributed by atoms with Gasteiger partial charge in [-0.15, -0.1) is 5.10 Å². The van der Waals surface area contributed by atoms with Crippen molar-refractivity contribution in [2.45, 2.75) is 13.8 Å². The highest BCUT2D eigenvalue weighted by Crippen LogP contribution is 2.41. The van der Waals surface area contributed by atoms with Crippen LogP contribution in [0, 0.1) is 13.8 Å². The van der Waals surface area contributed by atoms with E-state index in [9.17, 15) is 0 Å². The van der Waals surface area contributed by atoms with Crippen LogP contribution in [-0.2, 0) is 0 Å². The molecule has 0 fully saturated rings. The molecule has 0 atom stereocenters. The minimum atomic E-state index is 0.677. The number of rotatable bonds is 5. The standard InChI is InChI=1S/C29H26N4/c1-20-15-17-22(18-16-20)27-28(23-10-8-9-21(2)19-23)33(26-14-7-6-13-25(26)30)32-29(27)31-24-11-4-3-5-12-24/h3-19H,30H2,1-2H3,(H,31,32). The molecule has 5 rings (SSSR count). The van der Waals surface area contributed by atoms with E-state index in [2.05, 4.69) is 67.7 Å². The van der Waals surface area contributed by atoms with Gasteiger partial charge in [0.1, 0.15) is 0 Å². The largest absolute Gasteiger partial charge is 0.397 e. The summed E-state index contributed by atoms with van der Waals surface area (Å²) in [6.07, 6.45) is 0. The molecular weight excluding hydrogens is 404 g/mol. The van der Waals surface area contributed by atoms with E-state index in [1.54, 1.807) is 0 Å². The lowest BCUT2D eigenvalue weighted by Gasteiger charge is -2.13. The number of hydrogen-bond acceptors (Lipinski definition) is 3. The number of aryl methyl sites for hydroxylation is 2. The van der Waals surface area contributed by atoms with E-state index in [0.29, 0.717) is 5.69 Å². The minimum absolute atomic E-state index is 0.677. The Labute approximate surface area is 194 Å². The maximum absolute atomic E-state index is 6.42. The van der Waals surface area contributed by atoms with Crippen molar-refractivity contribution in [2.24, 2.45) is 0 Å². The topological polar surface area (TPSA) is 55.9 Å². The predicted molar refractivity (Wildman–Crippen MR) is 138 cm³/mol. The van der Waals surface area contributed by atoms with Gasteiger partial charge in [-0.2, -0.15) is 0 Å². The first kappa shape index (κ1) is 20.6. The molecule has 33 heavy (non-hydrogen) atoms. The molecular formula is C29H26N4. The zero-order chi connectivity index (χ0) is 22.8. The zero-order valence-electron chi connectivity index (χ0n) is 18.8. The third-order valence-corrected chi connectivity index (χ3v) is 5.72. The average Bonchev–Trinajstić information content (AvgIpc) is 3.19. The van der Waals surface area contributed by atoms with Gasteiger partial charge in [0.25, 0.3) is 0 Å².